The van der Waals surface area contributed by atoms with Gasteiger partial charge in [0, 0.05) is 11.1 Å². The van der Waals surface area contributed by atoms with E-state index in [1.807, 2.05) is 0 Å². The lowest BCUT2D eigenvalue weighted by Crippen LogP contribution is -2.19. The van der Waals surface area contributed by atoms with Crippen LogP contribution in [0.1, 0.15) is 15.9 Å². The molecule has 0 bridgehead atoms. The van der Waals surface area contributed by atoms with Gasteiger partial charge >= 0.3 is 5.97 Å². The maximum atomic E-state index is 12.7. The number of nitrogens with two attached hydrogens (primary N) is 2. The van der Waals surface area contributed by atoms with Crippen LogP contribution >= 0.6 is 23.2 Å². The molecule has 0 aliphatic carbocycles. The van der Waals surface area contributed by atoms with E-state index in [2.05, 4.69) is 10.4 Å². The van der Waals surface area contributed by atoms with Crippen molar-refractivity contribution in [3.63, 3.8) is 0 Å². The van der Waals surface area contributed by atoms with Crippen LogP contribution in [0, 0.1) is 0 Å². The summed E-state index contributed by atoms with van der Waals surface area (Å²) in [5.41, 5.74) is 7.71. The summed E-state index contributed by atoms with van der Waals surface area (Å²) in [5.74, 6) is 2.98. The largest absolute Gasteiger partial charge is 0.478 e. The molecular formula is C17H14Cl2N4O3. The average Bonchev–Trinajstić information content (AvgIpc) is 2.62. The number of benzene rings is 2. The molecule has 2 rings (SSSR count). The molecule has 6 N–H and O–H groups in total. The van der Waals surface area contributed by atoms with Crippen molar-refractivity contribution in [1.82, 2.24) is 5.43 Å². The number of hydrogen-bond acceptors (Lipinski definition) is 5. The maximum Gasteiger partial charge on any atom is 0.338 e. The van der Waals surface area contributed by atoms with Gasteiger partial charge in [0.15, 0.2) is 0 Å². The number of aliphatic carboxylic acids is 1. The fourth-order valence-electron chi connectivity index (χ4n) is 2.20. The van der Waals surface area contributed by atoms with Crippen LogP contribution in [0.4, 0.5) is 5.69 Å². The first-order chi connectivity index (χ1) is 12.4. The number of carboxylic acids is 1. The molecule has 134 valence electrons. The Morgan fingerprint density at radius 3 is 2.31 bits per heavy atom. The number of carbonyl (C=O) groups is 2. The summed E-state index contributed by atoms with van der Waals surface area (Å²) in [6, 6.07) is 10.6. The minimum atomic E-state index is -1.42. The number of rotatable bonds is 6. The number of hydrazine groups is 1. The molecule has 0 fully saturated rings. The van der Waals surface area contributed by atoms with Crippen molar-refractivity contribution in [2.24, 2.45) is 16.6 Å². The van der Waals surface area contributed by atoms with E-state index in [9.17, 15) is 14.7 Å². The Bertz CT molecular complexity index is 906. The maximum absolute atomic E-state index is 12.7. The second-order valence-corrected chi connectivity index (χ2v) is 5.81. The third kappa shape index (κ3) is 4.20. The summed E-state index contributed by atoms with van der Waals surface area (Å²) in [4.78, 5) is 28.4. The molecule has 0 amide bonds. The van der Waals surface area contributed by atoms with Gasteiger partial charge in [0.2, 0.25) is 5.78 Å². The first-order valence-corrected chi connectivity index (χ1v) is 7.93. The highest BCUT2D eigenvalue weighted by molar-refractivity contribution is 6.41. The van der Waals surface area contributed by atoms with Crippen LogP contribution < -0.4 is 17.0 Å². The third-order valence-corrected chi connectivity index (χ3v) is 3.97. The molecule has 0 spiro atoms. The molecule has 0 atom stereocenters. The Kier molecular flexibility index (Phi) is 6.35. The summed E-state index contributed by atoms with van der Waals surface area (Å²) in [6.07, 6.45) is 1.23. The SMILES string of the molecule is NNC=Nc1cccc(C(=O)C(N)=C(C(=O)O)c2c(Cl)cccc2Cl)c1. The third-order valence-electron chi connectivity index (χ3n) is 3.34. The summed E-state index contributed by atoms with van der Waals surface area (Å²) in [6.45, 7) is 0. The van der Waals surface area contributed by atoms with Crippen molar-refractivity contribution >= 4 is 52.6 Å². The fraction of sp³-hybridized carbons (Fsp3) is 0. The molecule has 9 heteroatoms. The van der Waals surface area contributed by atoms with Crippen LogP contribution in [-0.2, 0) is 4.79 Å². The number of Topliss-reactive ketones (excluding diaryl/α,β-unsaturated/α-hetero) is 1. The Hall–Kier alpha value is -2.87. The van der Waals surface area contributed by atoms with Crippen molar-refractivity contribution in [1.29, 1.82) is 0 Å². The molecule has 0 saturated carbocycles. The summed E-state index contributed by atoms with van der Waals surface area (Å²) in [7, 11) is 0. The molecule has 0 aliphatic heterocycles. The molecular weight excluding hydrogens is 379 g/mol. The summed E-state index contributed by atoms with van der Waals surface area (Å²) in [5, 5.41) is 9.69. The first kappa shape index (κ1) is 19.5. The van der Waals surface area contributed by atoms with Crippen molar-refractivity contribution in [3.8, 4) is 0 Å². The van der Waals surface area contributed by atoms with Crippen LogP contribution in [-0.4, -0.2) is 23.2 Å². The zero-order valence-electron chi connectivity index (χ0n) is 13.2. The number of aliphatic imine (C=N–C) groups is 1. The van der Waals surface area contributed by atoms with Gasteiger partial charge in [-0.05, 0) is 24.3 Å². The molecule has 0 unspecified atom stereocenters. The second-order valence-electron chi connectivity index (χ2n) is 4.99. The van der Waals surface area contributed by atoms with E-state index in [1.165, 1.54) is 30.6 Å². The fourth-order valence-corrected chi connectivity index (χ4v) is 2.79. The lowest BCUT2D eigenvalue weighted by atomic mass is 9.98. The first-order valence-electron chi connectivity index (χ1n) is 7.17. The van der Waals surface area contributed by atoms with E-state index in [0.717, 1.165) is 0 Å². The highest BCUT2D eigenvalue weighted by atomic mass is 35.5. The van der Waals surface area contributed by atoms with Crippen molar-refractivity contribution in [2.45, 2.75) is 0 Å². The zero-order chi connectivity index (χ0) is 19.3. The van der Waals surface area contributed by atoms with Crippen LogP contribution in [0.3, 0.4) is 0 Å². The van der Waals surface area contributed by atoms with E-state index in [-0.39, 0.29) is 21.2 Å². The number of nitrogens with zero attached hydrogens (tertiary/aromatic N) is 1. The summed E-state index contributed by atoms with van der Waals surface area (Å²) < 4.78 is 0. The van der Waals surface area contributed by atoms with E-state index < -0.39 is 23.0 Å². The van der Waals surface area contributed by atoms with Crippen LogP contribution in [0.5, 0.6) is 0 Å². The van der Waals surface area contributed by atoms with Gasteiger partial charge in [0.1, 0.15) is 6.34 Å². The van der Waals surface area contributed by atoms with Gasteiger partial charge in [-0.1, -0.05) is 41.4 Å². The summed E-state index contributed by atoms with van der Waals surface area (Å²) >= 11 is 12.1. The Labute approximate surface area is 158 Å². The van der Waals surface area contributed by atoms with Gasteiger partial charge in [-0.2, -0.15) is 0 Å². The minimum absolute atomic E-state index is 0.0179. The lowest BCUT2D eigenvalue weighted by molar-refractivity contribution is -0.130. The Balaban J connectivity index is 2.58. The molecule has 2 aromatic carbocycles. The van der Waals surface area contributed by atoms with Crippen LogP contribution in [0.25, 0.3) is 5.57 Å². The van der Waals surface area contributed by atoms with E-state index in [4.69, 9.17) is 34.8 Å². The monoisotopic (exact) mass is 392 g/mol. The highest BCUT2D eigenvalue weighted by Crippen LogP contribution is 2.33. The molecule has 2 aromatic rings. The molecule has 0 heterocycles. The topological polar surface area (TPSA) is 131 Å². The molecule has 0 aliphatic rings. The lowest BCUT2D eigenvalue weighted by Gasteiger charge is -2.11. The van der Waals surface area contributed by atoms with Gasteiger partial charge < -0.3 is 16.3 Å². The molecule has 7 nitrogen and oxygen atoms in total. The smallest absolute Gasteiger partial charge is 0.338 e. The standard InChI is InChI=1S/C17H14Cl2N4O3/c18-11-5-2-6-12(19)13(11)14(17(25)26)15(20)16(24)9-3-1-4-10(7-9)22-8-23-21/h1-8H,20-21H2,(H,22,23)(H,25,26). The number of hydrogen-bond donors (Lipinski definition) is 4. The number of allylic oxidation sites excluding steroid dienone is 1. The number of carbonyl (C=O) groups excluding carboxylic acids is 1. The van der Waals surface area contributed by atoms with Gasteiger partial charge in [-0.3, -0.25) is 4.79 Å². The number of ketones is 1. The predicted molar refractivity (Wildman–Crippen MR) is 101 cm³/mol. The number of carboxylic acid groups (broad SMARTS) is 1. The Morgan fingerprint density at radius 1 is 1.12 bits per heavy atom. The van der Waals surface area contributed by atoms with E-state index in [1.54, 1.807) is 18.2 Å². The predicted octanol–water partition coefficient (Wildman–Crippen LogP) is 2.75. The Morgan fingerprint density at radius 2 is 1.73 bits per heavy atom. The molecule has 0 radical (unpaired) electrons. The van der Waals surface area contributed by atoms with Gasteiger partial charge in [0.25, 0.3) is 0 Å². The molecule has 26 heavy (non-hydrogen) atoms. The number of halogens is 2. The van der Waals surface area contributed by atoms with E-state index >= 15 is 0 Å². The van der Waals surface area contributed by atoms with Crippen LogP contribution in [0.15, 0.2) is 53.2 Å². The average molecular weight is 393 g/mol. The second kappa shape index (κ2) is 8.48. The molecule has 0 aromatic heterocycles. The zero-order valence-corrected chi connectivity index (χ0v) is 14.8. The van der Waals surface area contributed by atoms with Gasteiger partial charge in [0.05, 0.1) is 27.0 Å². The quantitative estimate of drug-likeness (QED) is 0.149. The number of nitrogens with one attached hydrogen (secondary N) is 1. The van der Waals surface area contributed by atoms with Crippen molar-refractivity contribution in [2.75, 3.05) is 0 Å². The molecule has 0 saturated heterocycles. The highest BCUT2D eigenvalue weighted by Gasteiger charge is 2.25. The van der Waals surface area contributed by atoms with Crippen LogP contribution in [0.2, 0.25) is 10.0 Å². The minimum Gasteiger partial charge on any atom is -0.478 e. The normalized spacial score (nSPS) is 12.0. The van der Waals surface area contributed by atoms with Gasteiger partial charge in [-0.15, -0.1) is 0 Å². The van der Waals surface area contributed by atoms with Crippen molar-refractivity contribution < 1.29 is 14.7 Å². The van der Waals surface area contributed by atoms with Crippen molar-refractivity contribution in [3.05, 3.63) is 69.3 Å². The van der Waals surface area contributed by atoms with E-state index in [0.29, 0.717) is 5.69 Å². The van der Waals surface area contributed by atoms with Gasteiger partial charge in [-0.25, -0.2) is 15.6 Å².